The zero-order valence-electron chi connectivity index (χ0n) is 10.9. The van der Waals surface area contributed by atoms with Gasteiger partial charge in [0.2, 0.25) is 5.95 Å². The quantitative estimate of drug-likeness (QED) is 0.814. The fourth-order valence-corrected chi connectivity index (χ4v) is 3.51. The maximum Gasteiger partial charge on any atom is 0.201 e. The highest BCUT2D eigenvalue weighted by molar-refractivity contribution is 14.1. The third-order valence-corrected chi connectivity index (χ3v) is 5.10. The van der Waals surface area contributed by atoms with Gasteiger partial charge in [-0.2, -0.15) is 0 Å². The zero-order chi connectivity index (χ0) is 13.6. The van der Waals surface area contributed by atoms with E-state index in [4.69, 9.17) is 5.73 Å². The van der Waals surface area contributed by atoms with Gasteiger partial charge in [0, 0.05) is 12.6 Å². The highest BCUT2D eigenvalue weighted by Gasteiger charge is 2.25. The smallest absolute Gasteiger partial charge is 0.201 e. The van der Waals surface area contributed by atoms with E-state index in [9.17, 15) is 4.39 Å². The third kappa shape index (κ3) is 2.32. The lowest BCUT2D eigenvalue weighted by molar-refractivity contribution is 0.370. The molecule has 1 heterocycles. The first-order chi connectivity index (χ1) is 9.06. The van der Waals surface area contributed by atoms with E-state index in [2.05, 4.69) is 11.9 Å². The van der Waals surface area contributed by atoms with Crippen LogP contribution in [0.2, 0.25) is 0 Å². The molecule has 5 heteroatoms. The second kappa shape index (κ2) is 4.92. The molecule has 3 rings (SSSR count). The number of rotatable bonds is 2. The van der Waals surface area contributed by atoms with Gasteiger partial charge in [-0.05, 0) is 46.9 Å². The van der Waals surface area contributed by atoms with Gasteiger partial charge in [-0.1, -0.05) is 19.8 Å². The number of hydrogen-bond donors (Lipinski definition) is 1. The number of nitrogens with zero attached hydrogens (tertiary/aromatic N) is 2. The number of imidazole rings is 1. The number of hydrogen-bond acceptors (Lipinski definition) is 2. The highest BCUT2D eigenvalue weighted by atomic mass is 127. The molecule has 0 amide bonds. The van der Waals surface area contributed by atoms with E-state index in [0.717, 1.165) is 17.6 Å². The van der Waals surface area contributed by atoms with E-state index in [1.54, 1.807) is 12.1 Å². The molecule has 1 fully saturated rings. The average Bonchev–Trinajstić information content (AvgIpc) is 2.88. The summed E-state index contributed by atoms with van der Waals surface area (Å²) in [5.41, 5.74) is 7.60. The first-order valence-corrected chi connectivity index (χ1v) is 7.75. The molecule has 0 saturated heterocycles. The van der Waals surface area contributed by atoms with Crippen molar-refractivity contribution >= 4 is 39.6 Å². The number of nitrogen functional groups attached to an aromatic ring is 1. The number of benzene rings is 1. The van der Waals surface area contributed by atoms with Crippen LogP contribution in [0.25, 0.3) is 11.0 Å². The van der Waals surface area contributed by atoms with Gasteiger partial charge >= 0.3 is 0 Å². The minimum Gasteiger partial charge on any atom is -0.369 e. The van der Waals surface area contributed by atoms with Gasteiger partial charge in [-0.25, -0.2) is 9.37 Å². The summed E-state index contributed by atoms with van der Waals surface area (Å²) in [6.07, 6.45) is 3.79. The predicted octanol–water partition coefficient (Wildman–Crippen LogP) is 3.80. The number of halogens is 2. The van der Waals surface area contributed by atoms with E-state index in [-0.39, 0.29) is 5.82 Å². The Morgan fingerprint density at radius 2 is 2.26 bits per heavy atom. The van der Waals surface area contributed by atoms with Gasteiger partial charge in [0.05, 0.1) is 14.6 Å². The van der Waals surface area contributed by atoms with Crippen molar-refractivity contribution in [3.8, 4) is 0 Å². The van der Waals surface area contributed by atoms with E-state index in [0.29, 0.717) is 21.4 Å². The monoisotopic (exact) mass is 373 g/mol. The first-order valence-electron chi connectivity index (χ1n) is 6.67. The van der Waals surface area contributed by atoms with Crippen LogP contribution < -0.4 is 5.73 Å². The van der Waals surface area contributed by atoms with Crippen LogP contribution in [0.4, 0.5) is 10.3 Å². The van der Waals surface area contributed by atoms with Gasteiger partial charge in [0.1, 0.15) is 5.82 Å². The normalized spacial score (nSPS) is 23.3. The Hall–Kier alpha value is -0.850. The van der Waals surface area contributed by atoms with Gasteiger partial charge in [0.15, 0.2) is 0 Å². The van der Waals surface area contributed by atoms with Crippen molar-refractivity contribution in [3.05, 3.63) is 21.5 Å². The Morgan fingerprint density at radius 3 is 2.95 bits per heavy atom. The number of nitrogens with two attached hydrogens (primary N) is 1. The number of aromatic nitrogens is 2. The van der Waals surface area contributed by atoms with Crippen LogP contribution in [-0.2, 0) is 6.54 Å². The fourth-order valence-electron chi connectivity index (χ4n) is 3.06. The maximum atomic E-state index is 13.7. The second-order valence-corrected chi connectivity index (χ2v) is 6.67. The summed E-state index contributed by atoms with van der Waals surface area (Å²) in [6, 6.07) is 3.32. The molecule has 0 spiro atoms. The summed E-state index contributed by atoms with van der Waals surface area (Å²) >= 11 is 1.98. The molecule has 2 N–H and O–H groups in total. The molecule has 2 unspecified atom stereocenters. The molecule has 1 aliphatic rings. The van der Waals surface area contributed by atoms with Crippen molar-refractivity contribution in [2.24, 2.45) is 11.8 Å². The van der Waals surface area contributed by atoms with Crippen LogP contribution in [0.3, 0.4) is 0 Å². The standard InChI is InChI=1S/C14H17FIN3/c1-8-3-2-4-9(8)7-19-13-5-10(15)11(16)6-12(13)18-14(19)17/h5-6,8-9H,2-4,7H2,1H3,(H2,17,18). The molecular weight excluding hydrogens is 356 g/mol. The summed E-state index contributed by atoms with van der Waals surface area (Å²) in [6.45, 7) is 3.14. The van der Waals surface area contributed by atoms with Crippen molar-refractivity contribution in [2.75, 3.05) is 5.73 Å². The van der Waals surface area contributed by atoms with Crippen molar-refractivity contribution in [1.82, 2.24) is 9.55 Å². The number of fused-ring (bicyclic) bond motifs is 1. The lowest BCUT2D eigenvalue weighted by Crippen LogP contribution is -2.15. The topological polar surface area (TPSA) is 43.8 Å². The number of anilines is 1. The lowest BCUT2D eigenvalue weighted by atomic mass is 9.98. The zero-order valence-corrected chi connectivity index (χ0v) is 13.0. The molecule has 3 nitrogen and oxygen atoms in total. The van der Waals surface area contributed by atoms with E-state index in [1.807, 2.05) is 27.2 Å². The molecule has 1 aromatic carbocycles. The van der Waals surface area contributed by atoms with Crippen molar-refractivity contribution in [2.45, 2.75) is 32.7 Å². The van der Waals surface area contributed by atoms with Crippen LogP contribution in [0.15, 0.2) is 12.1 Å². The molecule has 1 aliphatic carbocycles. The largest absolute Gasteiger partial charge is 0.369 e. The molecule has 2 atom stereocenters. The average molecular weight is 373 g/mol. The van der Waals surface area contributed by atoms with Crippen LogP contribution >= 0.6 is 22.6 Å². The lowest BCUT2D eigenvalue weighted by Gasteiger charge is -2.17. The van der Waals surface area contributed by atoms with Gasteiger partial charge < -0.3 is 10.3 Å². The predicted molar refractivity (Wildman–Crippen MR) is 83.3 cm³/mol. The molecule has 19 heavy (non-hydrogen) atoms. The van der Waals surface area contributed by atoms with Crippen LogP contribution in [-0.4, -0.2) is 9.55 Å². The highest BCUT2D eigenvalue weighted by Crippen LogP contribution is 2.34. The van der Waals surface area contributed by atoms with Crippen LogP contribution in [0.5, 0.6) is 0 Å². The maximum absolute atomic E-state index is 13.7. The Morgan fingerprint density at radius 1 is 1.47 bits per heavy atom. The minimum atomic E-state index is -0.200. The van der Waals surface area contributed by atoms with Crippen LogP contribution in [0, 0.1) is 21.2 Å². The summed E-state index contributed by atoms with van der Waals surface area (Å²) in [7, 11) is 0. The minimum absolute atomic E-state index is 0.200. The Labute approximate surface area is 125 Å². The fraction of sp³-hybridized carbons (Fsp3) is 0.500. The summed E-state index contributed by atoms with van der Waals surface area (Å²) in [5, 5.41) is 0. The molecule has 0 bridgehead atoms. The molecule has 0 radical (unpaired) electrons. The molecule has 1 saturated carbocycles. The van der Waals surface area contributed by atoms with Gasteiger partial charge in [0.25, 0.3) is 0 Å². The summed E-state index contributed by atoms with van der Waals surface area (Å²) in [5.74, 6) is 1.64. The van der Waals surface area contributed by atoms with Crippen molar-refractivity contribution in [1.29, 1.82) is 0 Å². The van der Waals surface area contributed by atoms with Crippen LogP contribution in [0.1, 0.15) is 26.2 Å². The molecule has 2 aromatic rings. The summed E-state index contributed by atoms with van der Waals surface area (Å²) < 4.78 is 16.3. The van der Waals surface area contributed by atoms with Crippen molar-refractivity contribution in [3.63, 3.8) is 0 Å². The van der Waals surface area contributed by atoms with E-state index < -0.39 is 0 Å². The van der Waals surface area contributed by atoms with Gasteiger partial charge in [-0.3, -0.25) is 0 Å². The third-order valence-electron chi connectivity index (χ3n) is 4.28. The molecular formula is C14H17FIN3. The van der Waals surface area contributed by atoms with E-state index >= 15 is 0 Å². The molecule has 0 aliphatic heterocycles. The van der Waals surface area contributed by atoms with Crippen molar-refractivity contribution < 1.29 is 4.39 Å². The van der Waals surface area contributed by atoms with E-state index in [1.165, 1.54) is 19.3 Å². The Kier molecular flexibility index (Phi) is 3.41. The molecule has 102 valence electrons. The first kappa shape index (κ1) is 13.1. The molecule has 1 aromatic heterocycles. The Bertz CT molecular complexity index is 623. The Balaban J connectivity index is 2.02. The van der Waals surface area contributed by atoms with Gasteiger partial charge in [-0.15, -0.1) is 0 Å². The second-order valence-electron chi connectivity index (χ2n) is 5.50. The SMILES string of the molecule is CC1CCCC1Cn1c(N)nc2cc(I)c(F)cc21. The summed E-state index contributed by atoms with van der Waals surface area (Å²) in [4.78, 5) is 4.35.